The summed E-state index contributed by atoms with van der Waals surface area (Å²) in [4.78, 5) is 32.7. The number of H-pyrrole nitrogens is 1. The minimum absolute atomic E-state index is 0.0980. The van der Waals surface area contributed by atoms with Gasteiger partial charge in [0.1, 0.15) is 17.6 Å². The Bertz CT molecular complexity index is 1280. The highest BCUT2D eigenvalue weighted by molar-refractivity contribution is 9.10. The number of carbonyl (C=O) groups excluding carboxylic acids is 1. The average Bonchev–Trinajstić information content (AvgIpc) is 3.13. The molecule has 2 N–H and O–H groups in total. The van der Waals surface area contributed by atoms with Crippen molar-refractivity contribution in [2.45, 2.75) is 26.9 Å². The molecule has 4 aromatic rings. The van der Waals surface area contributed by atoms with Crippen LogP contribution in [0, 0.1) is 13.8 Å². The number of fused-ring (bicyclic) bond motifs is 3. The molecule has 144 valence electrons. The zero-order chi connectivity index (χ0) is 20.0. The zero-order valence-corrected chi connectivity index (χ0v) is 17.3. The Morgan fingerprint density at radius 3 is 2.82 bits per heavy atom. The summed E-state index contributed by atoms with van der Waals surface area (Å²) in [6.45, 7) is 4.14. The van der Waals surface area contributed by atoms with Crippen LogP contribution in [0.3, 0.4) is 0 Å². The molecule has 0 unspecified atom stereocenters. The van der Waals surface area contributed by atoms with Crippen molar-refractivity contribution in [3.8, 4) is 0 Å². The van der Waals surface area contributed by atoms with Gasteiger partial charge in [-0.05, 0) is 32.0 Å². The molecule has 0 atom stereocenters. The molecule has 0 fully saturated rings. The van der Waals surface area contributed by atoms with Crippen molar-refractivity contribution in [1.29, 1.82) is 0 Å². The summed E-state index contributed by atoms with van der Waals surface area (Å²) in [5.41, 5.74) is 4.40. The number of nitrogens with zero attached hydrogens (tertiary/aromatic N) is 4. The van der Waals surface area contributed by atoms with Crippen LogP contribution in [0.5, 0.6) is 0 Å². The molecule has 0 bridgehead atoms. The van der Waals surface area contributed by atoms with Gasteiger partial charge in [0.25, 0.3) is 5.56 Å². The summed E-state index contributed by atoms with van der Waals surface area (Å²) < 4.78 is 4.01. The van der Waals surface area contributed by atoms with E-state index in [1.807, 2.05) is 39.1 Å². The highest BCUT2D eigenvalue weighted by atomic mass is 79.9. The van der Waals surface area contributed by atoms with Crippen molar-refractivity contribution in [2.75, 3.05) is 0 Å². The summed E-state index contributed by atoms with van der Waals surface area (Å²) in [5, 5.41) is 8.06. The fourth-order valence-electron chi connectivity index (χ4n) is 3.35. The van der Waals surface area contributed by atoms with Crippen LogP contribution in [-0.2, 0) is 24.9 Å². The summed E-state index contributed by atoms with van der Waals surface area (Å²) in [7, 11) is 1.87. The average molecular weight is 443 g/mol. The molecular weight excluding hydrogens is 424 g/mol. The molecule has 0 radical (unpaired) electrons. The first-order valence-corrected chi connectivity index (χ1v) is 9.56. The predicted molar refractivity (Wildman–Crippen MR) is 110 cm³/mol. The van der Waals surface area contributed by atoms with Gasteiger partial charge in [-0.3, -0.25) is 18.8 Å². The van der Waals surface area contributed by atoms with E-state index in [4.69, 9.17) is 0 Å². The first-order chi connectivity index (χ1) is 13.3. The van der Waals surface area contributed by atoms with Gasteiger partial charge in [0.15, 0.2) is 0 Å². The summed E-state index contributed by atoms with van der Waals surface area (Å²) >= 11 is 3.43. The molecule has 3 heterocycles. The molecule has 8 nitrogen and oxygen atoms in total. The molecule has 3 aromatic heterocycles. The van der Waals surface area contributed by atoms with Gasteiger partial charge >= 0.3 is 0 Å². The monoisotopic (exact) mass is 442 g/mol. The van der Waals surface area contributed by atoms with Crippen LogP contribution in [0.1, 0.15) is 17.0 Å². The van der Waals surface area contributed by atoms with E-state index in [9.17, 15) is 9.59 Å². The van der Waals surface area contributed by atoms with E-state index in [1.54, 1.807) is 4.68 Å². The number of halogens is 1. The first kappa shape index (κ1) is 18.4. The number of aromatic nitrogens is 5. The molecule has 1 amide bonds. The second-order valence-electron chi connectivity index (χ2n) is 6.77. The van der Waals surface area contributed by atoms with Crippen molar-refractivity contribution < 1.29 is 4.79 Å². The third kappa shape index (κ3) is 3.11. The minimum Gasteiger partial charge on any atom is -0.350 e. The summed E-state index contributed by atoms with van der Waals surface area (Å²) in [6.07, 6.45) is 1.42. The molecule has 0 spiro atoms. The Hall–Kier alpha value is -2.94. The number of amides is 1. The number of aryl methyl sites for hydroxylation is 2. The van der Waals surface area contributed by atoms with Crippen molar-refractivity contribution in [3.63, 3.8) is 0 Å². The molecule has 28 heavy (non-hydrogen) atoms. The van der Waals surface area contributed by atoms with Crippen LogP contribution in [0.15, 0.2) is 33.8 Å². The molecule has 0 aliphatic heterocycles. The van der Waals surface area contributed by atoms with Crippen molar-refractivity contribution in [1.82, 2.24) is 29.6 Å². The highest BCUT2D eigenvalue weighted by Crippen LogP contribution is 2.24. The van der Waals surface area contributed by atoms with Crippen LogP contribution in [0.25, 0.3) is 21.9 Å². The lowest BCUT2D eigenvalue weighted by Gasteiger charge is -2.08. The maximum absolute atomic E-state index is 12.8. The lowest BCUT2D eigenvalue weighted by molar-refractivity contribution is -0.121. The van der Waals surface area contributed by atoms with Gasteiger partial charge in [-0.1, -0.05) is 15.9 Å². The third-order valence-electron chi connectivity index (χ3n) is 4.97. The minimum atomic E-state index is -0.277. The van der Waals surface area contributed by atoms with Crippen LogP contribution in [-0.4, -0.2) is 30.2 Å². The second kappa shape index (κ2) is 6.90. The molecule has 0 saturated carbocycles. The predicted octanol–water partition coefficient (Wildman–Crippen LogP) is 2.31. The van der Waals surface area contributed by atoms with E-state index in [2.05, 4.69) is 36.3 Å². The fraction of sp³-hybridized carbons (Fsp3) is 0.263. The van der Waals surface area contributed by atoms with Crippen LogP contribution in [0.4, 0.5) is 0 Å². The van der Waals surface area contributed by atoms with Gasteiger partial charge in [-0.15, -0.1) is 0 Å². The molecule has 9 heteroatoms. The highest BCUT2D eigenvalue weighted by Gasteiger charge is 2.14. The number of hydrogen-bond donors (Lipinski definition) is 2. The quantitative estimate of drug-likeness (QED) is 0.506. The number of aromatic amines is 1. The molecule has 0 aliphatic rings. The Labute approximate surface area is 168 Å². The number of carbonyl (C=O) groups is 1. The Morgan fingerprint density at radius 1 is 1.32 bits per heavy atom. The van der Waals surface area contributed by atoms with E-state index in [0.717, 1.165) is 32.3 Å². The Balaban J connectivity index is 1.57. The number of benzene rings is 1. The largest absolute Gasteiger partial charge is 0.350 e. The van der Waals surface area contributed by atoms with Gasteiger partial charge in [0, 0.05) is 40.2 Å². The maximum Gasteiger partial charge on any atom is 0.278 e. The van der Waals surface area contributed by atoms with Crippen LogP contribution >= 0.6 is 15.9 Å². The SMILES string of the molecule is Cc1nn(C)c(C)c1CNC(=O)Cn1cnc2c([nH]c3ccc(Br)cc32)c1=O. The van der Waals surface area contributed by atoms with E-state index in [0.29, 0.717) is 17.6 Å². The van der Waals surface area contributed by atoms with E-state index in [1.165, 1.54) is 10.9 Å². The summed E-state index contributed by atoms with van der Waals surface area (Å²) in [6, 6.07) is 5.69. The zero-order valence-electron chi connectivity index (χ0n) is 15.7. The number of hydrogen-bond acceptors (Lipinski definition) is 4. The van der Waals surface area contributed by atoms with Crippen molar-refractivity contribution >= 4 is 43.8 Å². The second-order valence-corrected chi connectivity index (χ2v) is 7.68. The molecule has 0 aliphatic carbocycles. The first-order valence-electron chi connectivity index (χ1n) is 8.77. The van der Waals surface area contributed by atoms with Gasteiger partial charge in [-0.25, -0.2) is 4.98 Å². The van der Waals surface area contributed by atoms with Crippen molar-refractivity contribution in [2.24, 2.45) is 7.05 Å². The number of nitrogens with one attached hydrogen (secondary N) is 2. The van der Waals surface area contributed by atoms with Gasteiger partial charge in [-0.2, -0.15) is 5.10 Å². The molecular formula is C19H19BrN6O2. The lowest BCUT2D eigenvalue weighted by Crippen LogP contribution is -2.32. The topological polar surface area (TPSA) is 97.6 Å². The smallest absolute Gasteiger partial charge is 0.278 e. The number of rotatable bonds is 4. The van der Waals surface area contributed by atoms with Crippen LogP contribution in [0.2, 0.25) is 0 Å². The van der Waals surface area contributed by atoms with Crippen LogP contribution < -0.4 is 10.9 Å². The summed E-state index contributed by atoms with van der Waals surface area (Å²) in [5.74, 6) is -0.259. The molecule has 1 aromatic carbocycles. The third-order valence-corrected chi connectivity index (χ3v) is 5.46. The molecule has 4 rings (SSSR count). The Kier molecular flexibility index (Phi) is 4.54. The van der Waals surface area contributed by atoms with E-state index < -0.39 is 0 Å². The van der Waals surface area contributed by atoms with E-state index >= 15 is 0 Å². The van der Waals surface area contributed by atoms with Gasteiger partial charge < -0.3 is 10.3 Å². The normalized spacial score (nSPS) is 11.4. The van der Waals surface area contributed by atoms with Gasteiger partial charge in [0.05, 0.1) is 12.0 Å². The maximum atomic E-state index is 12.8. The fourth-order valence-corrected chi connectivity index (χ4v) is 3.71. The standard InChI is InChI=1S/C19H19BrN6O2/c1-10-14(11(2)25(3)24-10)7-21-16(27)8-26-9-22-17-13-6-12(20)4-5-15(13)23-18(17)19(26)28/h4-6,9,23H,7-8H2,1-3H3,(H,21,27). The van der Waals surface area contributed by atoms with Gasteiger partial charge in [0.2, 0.25) is 5.91 Å². The molecule has 0 saturated heterocycles. The van der Waals surface area contributed by atoms with Crippen molar-refractivity contribution in [3.05, 3.63) is 56.3 Å². The Morgan fingerprint density at radius 2 is 2.11 bits per heavy atom. The van der Waals surface area contributed by atoms with E-state index in [-0.39, 0.29) is 18.0 Å². The lowest BCUT2D eigenvalue weighted by atomic mass is 10.2.